The second-order valence-corrected chi connectivity index (χ2v) is 7.54. The van der Waals surface area contributed by atoms with E-state index in [0.29, 0.717) is 12.8 Å². The van der Waals surface area contributed by atoms with Crippen molar-refractivity contribution >= 4 is 11.3 Å². The molecule has 1 unspecified atom stereocenters. The van der Waals surface area contributed by atoms with Gasteiger partial charge in [0.05, 0.1) is 14.2 Å². The SMILES string of the molecule is COc1ccc(CC(O)(Cc2ccccc2)c2c(OC)csc2C)cc1. The van der Waals surface area contributed by atoms with Crippen LogP contribution in [0.25, 0.3) is 0 Å². The van der Waals surface area contributed by atoms with Crippen molar-refractivity contribution in [3.63, 3.8) is 0 Å². The highest BCUT2D eigenvalue weighted by Crippen LogP contribution is 2.41. The first-order chi connectivity index (χ1) is 12.6. The zero-order valence-corrected chi connectivity index (χ0v) is 16.2. The average Bonchev–Trinajstić information content (AvgIpc) is 3.04. The van der Waals surface area contributed by atoms with Gasteiger partial charge < -0.3 is 14.6 Å². The van der Waals surface area contributed by atoms with Gasteiger partial charge in [0, 0.05) is 28.7 Å². The molecule has 2 aromatic carbocycles. The van der Waals surface area contributed by atoms with E-state index in [1.54, 1.807) is 25.6 Å². The van der Waals surface area contributed by atoms with Crippen LogP contribution in [0, 0.1) is 6.92 Å². The third kappa shape index (κ3) is 3.92. The number of rotatable bonds is 7. The van der Waals surface area contributed by atoms with Crippen molar-refractivity contribution in [2.45, 2.75) is 25.4 Å². The maximum absolute atomic E-state index is 11.8. The first kappa shape index (κ1) is 18.5. The fraction of sp³-hybridized carbons (Fsp3) is 0.273. The molecule has 0 spiro atoms. The molecule has 1 aromatic heterocycles. The lowest BCUT2D eigenvalue weighted by molar-refractivity contribution is 0.0346. The molecule has 136 valence electrons. The molecule has 3 rings (SSSR count). The molecule has 3 nitrogen and oxygen atoms in total. The van der Waals surface area contributed by atoms with Gasteiger partial charge in [0.1, 0.15) is 17.1 Å². The number of hydrogen-bond acceptors (Lipinski definition) is 4. The van der Waals surface area contributed by atoms with E-state index in [2.05, 4.69) is 0 Å². The molecule has 0 fully saturated rings. The summed E-state index contributed by atoms with van der Waals surface area (Å²) >= 11 is 1.60. The van der Waals surface area contributed by atoms with Crippen molar-refractivity contribution in [1.82, 2.24) is 0 Å². The summed E-state index contributed by atoms with van der Waals surface area (Å²) < 4.78 is 10.8. The first-order valence-corrected chi connectivity index (χ1v) is 9.45. The number of thiophene rings is 1. The monoisotopic (exact) mass is 368 g/mol. The third-order valence-corrected chi connectivity index (χ3v) is 5.51. The van der Waals surface area contributed by atoms with Crippen LogP contribution in [-0.2, 0) is 18.4 Å². The highest BCUT2D eigenvalue weighted by molar-refractivity contribution is 7.10. The Bertz CT molecular complexity index is 840. The van der Waals surface area contributed by atoms with Crippen LogP contribution in [0.5, 0.6) is 11.5 Å². The number of benzene rings is 2. The van der Waals surface area contributed by atoms with Gasteiger partial charge in [0.15, 0.2) is 0 Å². The lowest BCUT2D eigenvalue weighted by Gasteiger charge is -2.30. The van der Waals surface area contributed by atoms with Gasteiger partial charge in [-0.05, 0) is 30.2 Å². The molecule has 0 saturated heterocycles. The predicted molar refractivity (Wildman–Crippen MR) is 106 cm³/mol. The summed E-state index contributed by atoms with van der Waals surface area (Å²) in [5.74, 6) is 1.56. The first-order valence-electron chi connectivity index (χ1n) is 8.57. The number of hydrogen-bond donors (Lipinski definition) is 1. The van der Waals surface area contributed by atoms with Crippen molar-refractivity contribution in [3.05, 3.63) is 81.5 Å². The molecule has 1 heterocycles. The second kappa shape index (κ2) is 7.94. The smallest absolute Gasteiger partial charge is 0.135 e. The van der Waals surface area contributed by atoms with Crippen LogP contribution >= 0.6 is 11.3 Å². The fourth-order valence-electron chi connectivity index (χ4n) is 3.39. The highest BCUT2D eigenvalue weighted by atomic mass is 32.1. The van der Waals surface area contributed by atoms with Crippen LogP contribution in [0.15, 0.2) is 60.0 Å². The molecule has 0 amide bonds. The molecule has 0 aliphatic heterocycles. The second-order valence-electron chi connectivity index (χ2n) is 6.45. The van der Waals surface area contributed by atoms with E-state index in [-0.39, 0.29) is 0 Å². The van der Waals surface area contributed by atoms with Gasteiger partial charge in [-0.25, -0.2) is 0 Å². The van der Waals surface area contributed by atoms with Crippen molar-refractivity contribution in [2.75, 3.05) is 14.2 Å². The molecule has 0 aliphatic rings. The summed E-state index contributed by atoms with van der Waals surface area (Å²) in [7, 11) is 3.31. The van der Waals surface area contributed by atoms with Crippen LogP contribution in [0.1, 0.15) is 21.6 Å². The van der Waals surface area contributed by atoms with E-state index in [1.165, 1.54) is 0 Å². The lowest BCUT2D eigenvalue weighted by atomic mass is 9.82. The summed E-state index contributed by atoms with van der Waals surface area (Å²) in [4.78, 5) is 1.08. The third-order valence-electron chi connectivity index (χ3n) is 4.62. The van der Waals surface area contributed by atoms with Gasteiger partial charge >= 0.3 is 0 Å². The number of aliphatic hydroxyl groups is 1. The largest absolute Gasteiger partial charge is 0.497 e. The molecule has 0 saturated carbocycles. The maximum Gasteiger partial charge on any atom is 0.135 e. The predicted octanol–water partition coefficient (Wildman–Crippen LogP) is 4.75. The molecule has 0 aliphatic carbocycles. The van der Waals surface area contributed by atoms with Gasteiger partial charge in [0.25, 0.3) is 0 Å². The average molecular weight is 368 g/mol. The highest BCUT2D eigenvalue weighted by Gasteiger charge is 2.35. The van der Waals surface area contributed by atoms with Crippen LogP contribution in [-0.4, -0.2) is 19.3 Å². The zero-order chi connectivity index (χ0) is 18.6. The van der Waals surface area contributed by atoms with Crippen LogP contribution in [0.4, 0.5) is 0 Å². The number of methoxy groups -OCH3 is 2. The molecule has 4 heteroatoms. The molecule has 1 atom stereocenters. The van der Waals surface area contributed by atoms with Gasteiger partial charge in [0.2, 0.25) is 0 Å². The Hall–Kier alpha value is -2.30. The summed E-state index contributed by atoms with van der Waals surface area (Å²) in [6.45, 7) is 2.03. The van der Waals surface area contributed by atoms with E-state index in [1.807, 2.05) is 66.9 Å². The Morgan fingerprint density at radius 1 is 0.885 bits per heavy atom. The van der Waals surface area contributed by atoms with Crippen LogP contribution in [0.3, 0.4) is 0 Å². The molecule has 26 heavy (non-hydrogen) atoms. The summed E-state index contributed by atoms with van der Waals surface area (Å²) in [6.07, 6.45) is 1.02. The zero-order valence-electron chi connectivity index (χ0n) is 15.4. The van der Waals surface area contributed by atoms with E-state index in [9.17, 15) is 5.11 Å². The number of aryl methyl sites for hydroxylation is 1. The quantitative estimate of drug-likeness (QED) is 0.654. The molecular formula is C22H24O3S. The maximum atomic E-state index is 11.8. The van der Waals surface area contributed by atoms with E-state index < -0.39 is 5.60 Å². The number of ether oxygens (including phenoxy) is 2. The van der Waals surface area contributed by atoms with Gasteiger partial charge in [-0.3, -0.25) is 0 Å². The Morgan fingerprint density at radius 2 is 1.50 bits per heavy atom. The van der Waals surface area contributed by atoms with Gasteiger partial charge in [-0.15, -0.1) is 11.3 Å². The summed E-state index contributed by atoms with van der Waals surface area (Å²) in [5.41, 5.74) is 1.98. The molecule has 3 aromatic rings. The minimum Gasteiger partial charge on any atom is -0.497 e. The Kier molecular flexibility index (Phi) is 5.64. The molecule has 0 radical (unpaired) electrons. The normalized spacial score (nSPS) is 13.2. The minimum absolute atomic E-state index is 0.500. The molecular weight excluding hydrogens is 344 g/mol. The van der Waals surface area contributed by atoms with Crippen molar-refractivity contribution in [2.24, 2.45) is 0 Å². The fourth-order valence-corrected chi connectivity index (χ4v) is 4.30. The van der Waals surface area contributed by atoms with E-state index >= 15 is 0 Å². The Labute approximate surface area is 158 Å². The van der Waals surface area contributed by atoms with Gasteiger partial charge in [-0.1, -0.05) is 42.5 Å². The van der Waals surface area contributed by atoms with Crippen molar-refractivity contribution in [1.29, 1.82) is 0 Å². The van der Waals surface area contributed by atoms with E-state index in [0.717, 1.165) is 33.1 Å². The Balaban J connectivity index is 2.01. The Morgan fingerprint density at radius 3 is 2.08 bits per heavy atom. The topological polar surface area (TPSA) is 38.7 Å². The van der Waals surface area contributed by atoms with Gasteiger partial charge in [-0.2, -0.15) is 0 Å². The molecule has 0 bridgehead atoms. The standard InChI is InChI=1S/C22H24O3S/c1-16-21(20(25-3)15-26-16)22(23,13-17-7-5-4-6-8-17)14-18-9-11-19(24-2)12-10-18/h4-12,15,23H,13-14H2,1-3H3. The summed E-state index contributed by atoms with van der Waals surface area (Å²) in [6, 6.07) is 17.9. The van der Waals surface area contributed by atoms with E-state index in [4.69, 9.17) is 9.47 Å². The minimum atomic E-state index is -1.05. The van der Waals surface area contributed by atoms with Crippen molar-refractivity contribution < 1.29 is 14.6 Å². The van der Waals surface area contributed by atoms with Crippen LogP contribution in [0.2, 0.25) is 0 Å². The lowest BCUT2D eigenvalue weighted by Crippen LogP contribution is -2.32. The van der Waals surface area contributed by atoms with Crippen molar-refractivity contribution in [3.8, 4) is 11.5 Å². The van der Waals surface area contributed by atoms with Crippen LogP contribution < -0.4 is 9.47 Å². The summed E-state index contributed by atoms with van der Waals surface area (Å²) in [5, 5.41) is 13.8. The molecule has 1 N–H and O–H groups in total.